The largest absolute Gasteiger partial charge is 0.311 e. The fraction of sp³-hybridized carbons (Fsp3) is 0.393. The van der Waals surface area contributed by atoms with Crippen molar-refractivity contribution < 1.29 is 0 Å². The smallest absolute Gasteiger partial charge is 0.264 e. The molecule has 0 radical (unpaired) electrons. The van der Waals surface area contributed by atoms with Gasteiger partial charge in [-0.25, -0.2) is 0 Å². The van der Waals surface area contributed by atoms with Crippen LogP contribution in [0.5, 0.6) is 0 Å². The first kappa shape index (κ1) is 39.6. The van der Waals surface area contributed by atoms with Crippen LogP contribution in [0.25, 0.3) is 16.8 Å². The van der Waals surface area contributed by atoms with Crippen LogP contribution in [-0.4, -0.2) is 6.71 Å². The van der Waals surface area contributed by atoms with Gasteiger partial charge in [-0.3, -0.25) is 0 Å². The molecule has 0 N–H and O–H groups in total. The summed E-state index contributed by atoms with van der Waals surface area (Å²) in [6.45, 7) is 29.4. The molecule has 60 heavy (non-hydrogen) atoms. The number of rotatable bonds is 5. The molecule has 306 valence electrons. The van der Waals surface area contributed by atoms with Crippen molar-refractivity contribution in [2.24, 2.45) is 0 Å². The molecule has 3 heterocycles. The van der Waals surface area contributed by atoms with Gasteiger partial charge in [0.05, 0.1) is 5.69 Å². The van der Waals surface area contributed by atoms with Crippen molar-refractivity contribution >= 4 is 84.7 Å². The Labute approximate surface area is 364 Å². The Morgan fingerprint density at radius 3 is 2.12 bits per heavy atom. The second-order valence-corrected chi connectivity index (χ2v) is 22.9. The first-order chi connectivity index (χ1) is 28.4. The lowest BCUT2D eigenvalue weighted by Crippen LogP contribution is -2.60. The van der Waals surface area contributed by atoms with Gasteiger partial charge < -0.3 is 9.80 Å². The van der Waals surface area contributed by atoms with Crippen molar-refractivity contribution in [1.29, 1.82) is 0 Å². The van der Waals surface area contributed by atoms with E-state index >= 15 is 0 Å². The van der Waals surface area contributed by atoms with Crippen molar-refractivity contribution in [3.8, 4) is 0 Å². The molecule has 6 aromatic rings. The molecule has 0 saturated heterocycles. The van der Waals surface area contributed by atoms with Gasteiger partial charge in [-0.2, -0.15) is 11.3 Å². The molecular weight excluding hydrogens is 744 g/mol. The van der Waals surface area contributed by atoms with Crippen molar-refractivity contribution in [2.75, 3.05) is 9.80 Å². The number of anilines is 6. The van der Waals surface area contributed by atoms with E-state index in [1.165, 1.54) is 101 Å². The van der Waals surface area contributed by atoms with Gasteiger partial charge >= 0.3 is 0 Å². The van der Waals surface area contributed by atoms with Crippen molar-refractivity contribution in [3.63, 3.8) is 0 Å². The Morgan fingerprint density at radius 1 is 0.750 bits per heavy atom. The number of allylic oxidation sites excluding steroid dienone is 1. The van der Waals surface area contributed by atoms with Crippen molar-refractivity contribution in [1.82, 2.24) is 0 Å². The van der Waals surface area contributed by atoms with E-state index in [4.69, 9.17) is 0 Å². The third-order valence-electron chi connectivity index (χ3n) is 15.1. The van der Waals surface area contributed by atoms with Crippen LogP contribution in [0.3, 0.4) is 0 Å². The highest BCUT2D eigenvalue weighted by atomic mass is 32.1. The quantitative estimate of drug-likeness (QED) is 0.160. The normalized spacial score (nSPS) is 17.4. The zero-order valence-corrected chi connectivity index (χ0v) is 39.0. The van der Waals surface area contributed by atoms with Gasteiger partial charge in [-0.15, -0.1) is 0 Å². The maximum atomic E-state index is 2.78. The molecule has 0 saturated carbocycles. The fourth-order valence-corrected chi connectivity index (χ4v) is 12.7. The molecule has 2 aliphatic heterocycles. The number of benzene rings is 5. The summed E-state index contributed by atoms with van der Waals surface area (Å²) >= 11 is 2.13. The molecule has 2 nitrogen and oxygen atoms in total. The molecule has 0 atom stereocenters. The van der Waals surface area contributed by atoms with Gasteiger partial charge in [-0.05, 0) is 157 Å². The van der Waals surface area contributed by atoms with Gasteiger partial charge in [0.1, 0.15) is 0 Å². The summed E-state index contributed by atoms with van der Waals surface area (Å²) in [6.07, 6.45) is 10.3. The van der Waals surface area contributed by atoms with E-state index in [1.54, 1.807) is 10.4 Å². The van der Waals surface area contributed by atoms with Gasteiger partial charge in [0.25, 0.3) is 6.71 Å². The number of hydrogen-bond acceptors (Lipinski definition) is 3. The molecule has 0 unspecified atom stereocenters. The molecule has 4 heteroatoms. The summed E-state index contributed by atoms with van der Waals surface area (Å²) in [4.78, 5) is 7.02. The number of hydrogen-bond donors (Lipinski definition) is 0. The highest BCUT2D eigenvalue weighted by molar-refractivity contribution is 7.29. The molecule has 0 fully saturated rings. The molecule has 0 spiro atoms. The molecule has 4 aliphatic rings. The molecular formula is C56H63BN2S. The van der Waals surface area contributed by atoms with Crippen LogP contribution >= 0.6 is 11.3 Å². The van der Waals surface area contributed by atoms with E-state index in [-0.39, 0.29) is 28.4 Å². The third-order valence-corrected chi connectivity index (χ3v) is 16.7. The lowest BCUT2D eigenvalue weighted by molar-refractivity contribution is 0.339. The van der Waals surface area contributed by atoms with E-state index in [1.807, 2.05) is 0 Å². The van der Waals surface area contributed by atoms with E-state index in [9.17, 15) is 0 Å². The summed E-state index contributed by atoms with van der Waals surface area (Å²) < 4.78 is 1.51. The number of thiophene rings is 1. The number of aryl methyl sites for hydroxylation is 1. The van der Waals surface area contributed by atoms with Gasteiger partial charge in [0, 0.05) is 38.1 Å². The summed E-state index contributed by atoms with van der Waals surface area (Å²) in [7, 11) is 0. The van der Waals surface area contributed by atoms with E-state index in [0.29, 0.717) is 5.92 Å². The van der Waals surface area contributed by atoms with E-state index in [0.717, 1.165) is 19.3 Å². The van der Waals surface area contributed by atoms with Crippen LogP contribution in [0.4, 0.5) is 34.1 Å². The Hall–Kier alpha value is -4.54. The highest BCUT2D eigenvalue weighted by Gasteiger charge is 2.51. The maximum absolute atomic E-state index is 2.78. The lowest BCUT2D eigenvalue weighted by atomic mass is 9.35. The minimum absolute atomic E-state index is 0.0308. The molecule has 5 aromatic carbocycles. The van der Waals surface area contributed by atoms with Crippen LogP contribution in [0, 0.1) is 0 Å². The SMILES string of the molecule is CCC(C)(C)c1cc(N2c3cc(C(C)(C)C)cc4c3B(c3cc5ccccc5cc3N4c3ccc4c(c3)CCC=C4)c3sc4c(c32)C(C)(C)CCC4(C)C)ccc1C(C)C. The topological polar surface area (TPSA) is 6.48 Å². The summed E-state index contributed by atoms with van der Waals surface area (Å²) in [5, 5.41) is 2.60. The van der Waals surface area contributed by atoms with Gasteiger partial charge in [0.15, 0.2) is 0 Å². The average molecular weight is 807 g/mol. The lowest BCUT2D eigenvalue weighted by Gasteiger charge is -2.46. The van der Waals surface area contributed by atoms with Gasteiger partial charge in [0.2, 0.25) is 0 Å². The summed E-state index contributed by atoms with van der Waals surface area (Å²) in [6, 6.07) is 34.1. The predicted molar refractivity (Wildman–Crippen MR) is 265 cm³/mol. The average Bonchev–Trinajstić information content (AvgIpc) is 3.64. The maximum Gasteiger partial charge on any atom is 0.264 e. The van der Waals surface area contributed by atoms with E-state index in [2.05, 4.69) is 201 Å². The minimum Gasteiger partial charge on any atom is -0.311 e. The van der Waals surface area contributed by atoms with Crippen LogP contribution in [0.2, 0.25) is 0 Å². The number of fused-ring (bicyclic) bond motifs is 8. The summed E-state index contributed by atoms with van der Waals surface area (Å²) in [5.41, 5.74) is 19.6. The van der Waals surface area contributed by atoms with Crippen LogP contribution in [0.15, 0.2) is 91.0 Å². The third kappa shape index (κ3) is 5.94. The second kappa shape index (κ2) is 13.5. The standard InChI is InChI=1S/C56H63BN2S/c1-13-54(7,8)43-33-41(24-25-42(43)34(2)3)59-47-32-39(53(4,5)6)31-46-49(47)57(52-50(59)48-51(60-52)56(11,12)27-26-55(48,9)10)44-29-37-20-16-17-21-38(37)30-45(44)58(46)40-23-22-35-18-14-15-19-36(35)28-40/h14,16-18,20-25,28-34H,13,15,19,26-27H2,1-12H3. The monoisotopic (exact) mass is 806 g/mol. The molecule has 10 rings (SSSR count). The van der Waals surface area contributed by atoms with Crippen molar-refractivity contribution in [2.45, 2.75) is 143 Å². The highest BCUT2D eigenvalue weighted by Crippen LogP contribution is 2.57. The van der Waals surface area contributed by atoms with Crippen molar-refractivity contribution in [3.05, 3.63) is 129 Å². The first-order valence-corrected chi connectivity index (χ1v) is 23.6. The molecule has 0 bridgehead atoms. The minimum atomic E-state index is -0.0743. The predicted octanol–water partition coefficient (Wildman–Crippen LogP) is 14.4. The Balaban J connectivity index is 1.37. The van der Waals surface area contributed by atoms with Gasteiger partial charge in [-0.1, -0.05) is 138 Å². The molecule has 1 aromatic heterocycles. The van der Waals surface area contributed by atoms with Crippen LogP contribution < -0.4 is 25.5 Å². The van der Waals surface area contributed by atoms with Crippen LogP contribution in [-0.2, 0) is 28.1 Å². The zero-order chi connectivity index (χ0) is 42.3. The second-order valence-electron chi connectivity index (χ2n) is 21.8. The molecule has 0 amide bonds. The first-order valence-electron chi connectivity index (χ1n) is 22.8. The Kier molecular flexibility index (Phi) is 8.90. The summed E-state index contributed by atoms with van der Waals surface area (Å²) in [5.74, 6) is 0.443. The zero-order valence-electron chi connectivity index (χ0n) is 38.2. The fourth-order valence-electron chi connectivity index (χ4n) is 11.0. The number of nitrogens with zero attached hydrogens (tertiary/aromatic N) is 2. The van der Waals surface area contributed by atoms with Crippen LogP contribution in [0.1, 0.15) is 153 Å². The van der Waals surface area contributed by atoms with E-state index < -0.39 is 0 Å². The molecule has 2 aliphatic carbocycles. The Bertz CT molecular complexity index is 2770. The Morgan fingerprint density at radius 2 is 1.42 bits per heavy atom.